The zero-order valence-corrected chi connectivity index (χ0v) is 17.0. The van der Waals surface area contributed by atoms with Crippen LogP contribution in [-0.4, -0.2) is 76.9 Å². The fourth-order valence-corrected chi connectivity index (χ4v) is 4.48. The first kappa shape index (κ1) is 19.4. The summed E-state index contributed by atoms with van der Waals surface area (Å²) in [5.41, 5.74) is 1.89. The van der Waals surface area contributed by atoms with Crippen LogP contribution in [0.15, 0.2) is 29.1 Å². The lowest BCUT2D eigenvalue weighted by molar-refractivity contribution is 0.0375. The maximum absolute atomic E-state index is 12.4. The van der Waals surface area contributed by atoms with Crippen LogP contribution in [0.4, 0.5) is 0 Å². The number of H-pyrrole nitrogens is 1. The van der Waals surface area contributed by atoms with Gasteiger partial charge in [0, 0.05) is 38.8 Å². The Labute approximate surface area is 170 Å². The van der Waals surface area contributed by atoms with Crippen molar-refractivity contribution in [3.05, 3.63) is 34.7 Å². The highest BCUT2D eigenvalue weighted by molar-refractivity contribution is 7.80. The van der Waals surface area contributed by atoms with Crippen LogP contribution < -0.4 is 11.0 Å². The second-order valence-electron chi connectivity index (χ2n) is 7.58. The molecule has 2 aliphatic heterocycles. The van der Waals surface area contributed by atoms with E-state index >= 15 is 0 Å². The van der Waals surface area contributed by atoms with Crippen molar-refractivity contribution >= 4 is 28.4 Å². The van der Waals surface area contributed by atoms with Gasteiger partial charge in [0.05, 0.1) is 24.2 Å². The summed E-state index contributed by atoms with van der Waals surface area (Å²) in [6.07, 6.45) is 2.94. The number of likely N-dealkylation sites (tertiary alicyclic amines) is 1. The summed E-state index contributed by atoms with van der Waals surface area (Å²) in [5.74, 6) is 0. The van der Waals surface area contributed by atoms with Crippen LogP contribution in [0.3, 0.4) is 0 Å². The van der Waals surface area contributed by atoms with Crippen LogP contribution in [0, 0.1) is 0 Å². The minimum Gasteiger partial charge on any atom is -0.379 e. The number of para-hydroxylation sites is 2. The van der Waals surface area contributed by atoms with Crippen molar-refractivity contribution in [3.8, 4) is 0 Å². The Bertz CT molecular complexity index is 850. The van der Waals surface area contributed by atoms with Gasteiger partial charge in [-0.25, -0.2) is 4.79 Å². The number of aromatic amines is 1. The predicted octanol–water partition coefficient (Wildman–Crippen LogP) is 1.56. The highest BCUT2D eigenvalue weighted by Gasteiger charge is 2.24. The molecule has 2 aromatic rings. The number of piperidine rings is 1. The zero-order chi connectivity index (χ0) is 19.3. The zero-order valence-electron chi connectivity index (χ0n) is 16.2. The molecule has 152 valence electrons. The summed E-state index contributed by atoms with van der Waals surface area (Å²) < 4.78 is 7.30. The van der Waals surface area contributed by atoms with Gasteiger partial charge in [0.25, 0.3) is 0 Å². The average Bonchev–Trinajstić information content (AvgIpc) is 3.07. The summed E-state index contributed by atoms with van der Waals surface area (Å²) in [6.45, 7) is 7.51. The standard InChI is InChI=1S/C20H29N5O2S/c26-19-22-17-4-1-2-5-18(17)25(19)16-6-10-24(11-7-16)20(28)21-8-3-9-23-12-14-27-15-13-23/h1-2,4-5,16H,3,6-15H2,(H,21,28)(H,22,26). The van der Waals surface area contributed by atoms with Crippen molar-refractivity contribution in [2.24, 2.45) is 0 Å². The van der Waals surface area contributed by atoms with Gasteiger partial charge < -0.3 is 19.9 Å². The fourth-order valence-electron chi connectivity index (χ4n) is 4.20. The molecule has 0 radical (unpaired) electrons. The number of imidazole rings is 1. The maximum Gasteiger partial charge on any atom is 0.326 e. The lowest BCUT2D eigenvalue weighted by Crippen LogP contribution is -2.46. The molecule has 2 saturated heterocycles. The Balaban J connectivity index is 1.24. The van der Waals surface area contributed by atoms with Crippen LogP contribution in [-0.2, 0) is 4.74 Å². The third-order valence-electron chi connectivity index (χ3n) is 5.77. The van der Waals surface area contributed by atoms with Crippen molar-refractivity contribution < 1.29 is 4.74 Å². The topological polar surface area (TPSA) is 65.5 Å². The number of ether oxygens (including phenoxy) is 1. The monoisotopic (exact) mass is 403 g/mol. The Morgan fingerprint density at radius 2 is 1.93 bits per heavy atom. The van der Waals surface area contributed by atoms with Crippen molar-refractivity contribution in [1.82, 2.24) is 24.7 Å². The van der Waals surface area contributed by atoms with E-state index in [0.29, 0.717) is 0 Å². The van der Waals surface area contributed by atoms with E-state index < -0.39 is 0 Å². The van der Waals surface area contributed by atoms with Gasteiger partial charge >= 0.3 is 5.69 Å². The molecular weight excluding hydrogens is 374 g/mol. The number of hydrogen-bond donors (Lipinski definition) is 2. The van der Waals surface area contributed by atoms with Crippen LogP contribution in [0.2, 0.25) is 0 Å². The lowest BCUT2D eigenvalue weighted by atomic mass is 10.0. The smallest absolute Gasteiger partial charge is 0.326 e. The van der Waals surface area contributed by atoms with Crippen molar-refractivity contribution in [2.45, 2.75) is 25.3 Å². The molecule has 0 saturated carbocycles. The molecule has 2 aliphatic rings. The van der Waals surface area contributed by atoms with Gasteiger partial charge in [-0.2, -0.15) is 0 Å². The molecule has 0 spiro atoms. The number of thiocarbonyl (C=S) groups is 1. The summed E-state index contributed by atoms with van der Waals surface area (Å²) in [5, 5.41) is 4.25. The number of fused-ring (bicyclic) bond motifs is 1. The molecule has 1 aromatic heterocycles. The van der Waals surface area contributed by atoms with Crippen molar-refractivity contribution in [2.75, 3.05) is 52.5 Å². The van der Waals surface area contributed by atoms with Gasteiger partial charge in [-0.15, -0.1) is 0 Å². The van der Waals surface area contributed by atoms with E-state index in [4.69, 9.17) is 17.0 Å². The largest absolute Gasteiger partial charge is 0.379 e. The number of benzene rings is 1. The summed E-state index contributed by atoms with van der Waals surface area (Å²) in [4.78, 5) is 20.0. The van der Waals surface area contributed by atoms with E-state index in [-0.39, 0.29) is 11.7 Å². The minimum absolute atomic E-state index is 0.0107. The molecule has 0 atom stereocenters. The molecule has 0 aliphatic carbocycles. The van der Waals surface area contributed by atoms with Gasteiger partial charge in [0.2, 0.25) is 0 Å². The van der Waals surface area contributed by atoms with Crippen LogP contribution >= 0.6 is 12.2 Å². The minimum atomic E-state index is -0.0107. The predicted molar refractivity (Wildman–Crippen MR) is 115 cm³/mol. The Morgan fingerprint density at radius 1 is 1.18 bits per heavy atom. The molecule has 4 rings (SSSR count). The van der Waals surface area contributed by atoms with E-state index in [1.807, 2.05) is 28.8 Å². The number of morpholine rings is 1. The molecular formula is C20H29N5O2S. The van der Waals surface area contributed by atoms with E-state index in [2.05, 4.69) is 20.1 Å². The highest BCUT2D eigenvalue weighted by atomic mass is 32.1. The quantitative estimate of drug-likeness (QED) is 0.584. The molecule has 0 amide bonds. The van der Waals surface area contributed by atoms with E-state index in [0.717, 1.165) is 87.9 Å². The van der Waals surface area contributed by atoms with Gasteiger partial charge in [-0.3, -0.25) is 9.47 Å². The Kier molecular flexibility index (Phi) is 6.29. The van der Waals surface area contributed by atoms with E-state index in [1.54, 1.807) is 0 Å². The summed E-state index contributed by atoms with van der Waals surface area (Å²) in [6, 6.07) is 8.13. The molecule has 28 heavy (non-hydrogen) atoms. The normalized spacial score (nSPS) is 19.2. The molecule has 0 unspecified atom stereocenters. The molecule has 8 heteroatoms. The van der Waals surface area contributed by atoms with Gasteiger partial charge in [0.1, 0.15) is 0 Å². The van der Waals surface area contributed by atoms with E-state index in [1.165, 1.54) is 0 Å². The number of nitrogens with one attached hydrogen (secondary N) is 2. The second-order valence-corrected chi connectivity index (χ2v) is 7.96. The maximum atomic E-state index is 12.4. The molecule has 3 heterocycles. The highest BCUT2D eigenvalue weighted by Crippen LogP contribution is 2.24. The SMILES string of the molecule is O=c1[nH]c2ccccc2n1C1CCN(C(=S)NCCCN2CCOCC2)CC1. The Hall–Kier alpha value is -1.90. The van der Waals surface area contributed by atoms with Gasteiger partial charge in [0.15, 0.2) is 5.11 Å². The average molecular weight is 404 g/mol. The van der Waals surface area contributed by atoms with Crippen molar-refractivity contribution in [1.29, 1.82) is 0 Å². The van der Waals surface area contributed by atoms with Crippen LogP contribution in [0.5, 0.6) is 0 Å². The molecule has 2 fully saturated rings. The number of rotatable bonds is 5. The van der Waals surface area contributed by atoms with E-state index in [9.17, 15) is 4.79 Å². The van der Waals surface area contributed by atoms with Crippen LogP contribution in [0.1, 0.15) is 25.3 Å². The number of nitrogens with zero attached hydrogens (tertiary/aromatic N) is 3. The lowest BCUT2D eigenvalue weighted by Gasteiger charge is -2.34. The Morgan fingerprint density at radius 3 is 2.71 bits per heavy atom. The molecule has 2 N–H and O–H groups in total. The number of aromatic nitrogens is 2. The van der Waals surface area contributed by atoms with Crippen LogP contribution in [0.25, 0.3) is 11.0 Å². The van der Waals surface area contributed by atoms with Crippen molar-refractivity contribution in [3.63, 3.8) is 0 Å². The summed E-state index contributed by atoms with van der Waals surface area (Å²) in [7, 11) is 0. The molecule has 1 aromatic carbocycles. The summed E-state index contributed by atoms with van der Waals surface area (Å²) >= 11 is 5.59. The fraction of sp³-hybridized carbons (Fsp3) is 0.600. The first-order chi connectivity index (χ1) is 13.7. The van der Waals surface area contributed by atoms with Gasteiger partial charge in [-0.05, 0) is 50.2 Å². The molecule has 7 nitrogen and oxygen atoms in total. The third-order valence-corrected chi connectivity index (χ3v) is 6.17. The molecule has 0 bridgehead atoms. The first-order valence-electron chi connectivity index (χ1n) is 10.2. The second kappa shape index (κ2) is 9.07. The third kappa shape index (κ3) is 4.39. The van der Waals surface area contributed by atoms with Gasteiger partial charge in [-0.1, -0.05) is 12.1 Å². The number of hydrogen-bond acceptors (Lipinski definition) is 4. The first-order valence-corrected chi connectivity index (χ1v) is 10.7.